The summed E-state index contributed by atoms with van der Waals surface area (Å²) in [6.45, 7) is 5.65. The molecule has 28 heavy (non-hydrogen) atoms. The van der Waals surface area contributed by atoms with Crippen molar-refractivity contribution in [3.63, 3.8) is 0 Å². The third kappa shape index (κ3) is 3.96. The summed E-state index contributed by atoms with van der Waals surface area (Å²) < 4.78 is 2.01. The molecule has 2 aliphatic heterocycles. The zero-order chi connectivity index (χ0) is 19.6. The van der Waals surface area contributed by atoms with Gasteiger partial charge in [0.1, 0.15) is 5.82 Å². The highest BCUT2D eigenvalue weighted by Crippen LogP contribution is 2.41. The van der Waals surface area contributed by atoms with Crippen LogP contribution in [0.3, 0.4) is 0 Å². The van der Waals surface area contributed by atoms with Gasteiger partial charge in [0, 0.05) is 63.4 Å². The minimum Gasteiger partial charge on any atom is -0.343 e. The zero-order valence-corrected chi connectivity index (χ0v) is 16.5. The Balaban J connectivity index is 1.29. The van der Waals surface area contributed by atoms with E-state index in [1.807, 2.05) is 45.7 Å². The molecule has 6 heteroatoms. The number of amides is 2. The van der Waals surface area contributed by atoms with Gasteiger partial charge in [-0.1, -0.05) is 30.3 Å². The van der Waals surface area contributed by atoms with Gasteiger partial charge in [0.05, 0.1) is 0 Å². The van der Waals surface area contributed by atoms with Crippen LogP contribution in [-0.4, -0.2) is 50.8 Å². The van der Waals surface area contributed by atoms with Crippen molar-refractivity contribution in [3.8, 4) is 0 Å². The SMILES string of the molecule is Cc1nccn1CCC(=O)N1CCC2(CC1)CC(=O)N(Cc1ccccc1)C2. The maximum atomic E-state index is 12.6. The van der Waals surface area contributed by atoms with Crippen molar-refractivity contribution in [1.82, 2.24) is 19.4 Å². The van der Waals surface area contributed by atoms with E-state index in [2.05, 4.69) is 17.1 Å². The molecule has 6 nitrogen and oxygen atoms in total. The van der Waals surface area contributed by atoms with Crippen molar-refractivity contribution >= 4 is 11.8 Å². The second-order valence-corrected chi connectivity index (χ2v) is 8.21. The first kappa shape index (κ1) is 18.7. The van der Waals surface area contributed by atoms with E-state index in [4.69, 9.17) is 0 Å². The predicted molar refractivity (Wildman–Crippen MR) is 106 cm³/mol. The van der Waals surface area contributed by atoms with Gasteiger partial charge in [-0.2, -0.15) is 0 Å². The maximum Gasteiger partial charge on any atom is 0.224 e. The third-order valence-electron chi connectivity index (χ3n) is 6.29. The van der Waals surface area contributed by atoms with Crippen LogP contribution in [0.15, 0.2) is 42.7 Å². The lowest BCUT2D eigenvalue weighted by Gasteiger charge is -2.39. The van der Waals surface area contributed by atoms with E-state index in [1.54, 1.807) is 6.20 Å². The molecule has 0 aliphatic carbocycles. The summed E-state index contributed by atoms with van der Waals surface area (Å²) in [4.78, 5) is 33.3. The summed E-state index contributed by atoms with van der Waals surface area (Å²) in [7, 11) is 0. The summed E-state index contributed by atoms with van der Waals surface area (Å²) in [6.07, 6.45) is 6.64. The average molecular weight is 380 g/mol. The first-order valence-electron chi connectivity index (χ1n) is 10.1. The Bertz CT molecular complexity index is 837. The highest BCUT2D eigenvalue weighted by molar-refractivity contribution is 5.80. The molecule has 2 aromatic rings. The number of hydrogen-bond acceptors (Lipinski definition) is 3. The first-order chi connectivity index (χ1) is 13.5. The molecule has 2 amide bonds. The standard InChI is InChI=1S/C22H28N4O2/c1-18-23-10-14-24(18)11-7-20(27)25-12-8-22(9-13-25)15-21(28)26(17-22)16-19-5-3-2-4-6-19/h2-6,10,14H,7-9,11-13,15-17H2,1H3. The fourth-order valence-corrected chi connectivity index (χ4v) is 4.51. The molecule has 2 saturated heterocycles. The molecule has 0 N–H and O–H groups in total. The molecule has 2 fully saturated rings. The Kier molecular flexibility index (Phi) is 5.20. The minimum atomic E-state index is 0.0452. The lowest BCUT2D eigenvalue weighted by Crippen LogP contribution is -2.44. The molecule has 2 aliphatic rings. The number of rotatable bonds is 5. The molecule has 0 bridgehead atoms. The van der Waals surface area contributed by atoms with Crippen molar-refractivity contribution in [3.05, 3.63) is 54.1 Å². The molecule has 0 radical (unpaired) electrons. The summed E-state index contributed by atoms with van der Waals surface area (Å²) in [5.41, 5.74) is 1.22. The smallest absolute Gasteiger partial charge is 0.224 e. The number of carbonyl (C=O) groups excluding carboxylic acids is 2. The van der Waals surface area contributed by atoms with Crippen LogP contribution in [-0.2, 0) is 22.7 Å². The second kappa shape index (κ2) is 7.78. The summed E-state index contributed by atoms with van der Waals surface area (Å²) in [5, 5.41) is 0. The fraction of sp³-hybridized carbons (Fsp3) is 0.500. The van der Waals surface area contributed by atoms with Crippen LogP contribution >= 0.6 is 0 Å². The summed E-state index contributed by atoms with van der Waals surface area (Å²) >= 11 is 0. The van der Waals surface area contributed by atoms with Gasteiger partial charge in [0.2, 0.25) is 11.8 Å². The molecule has 3 heterocycles. The number of benzene rings is 1. The molecular weight excluding hydrogens is 352 g/mol. The highest BCUT2D eigenvalue weighted by atomic mass is 16.2. The number of likely N-dealkylation sites (tertiary alicyclic amines) is 2. The van der Waals surface area contributed by atoms with Crippen LogP contribution < -0.4 is 0 Å². The fourth-order valence-electron chi connectivity index (χ4n) is 4.51. The Hall–Kier alpha value is -2.63. The Morgan fingerprint density at radius 3 is 2.61 bits per heavy atom. The normalized spacial score (nSPS) is 18.8. The van der Waals surface area contributed by atoms with Crippen LogP contribution in [0.1, 0.15) is 37.1 Å². The van der Waals surface area contributed by atoms with Gasteiger partial charge >= 0.3 is 0 Å². The van der Waals surface area contributed by atoms with E-state index >= 15 is 0 Å². The van der Waals surface area contributed by atoms with Gasteiger partial charge in [-0.25, -0.2) is 4.98 Å². The molecular formula is C22H28N4O2. The lowest BCUT2D eigenvalue weighted by molar-refractivity contribution is -0.133. The molecule has 0 atom stereocenters. The van der Waals surface area contributed by atoms with Crippen molar-refractivity contribution in [2.24, 2.45) is 5.41 Å². The van der Waals surface area contributed by atoms with Crippen LogP contribution in [0.25, 0.3) is 0 Å². The quantitative estimate of drug-likeness (QED) is 0.801. The van der Waals surface area contributed by atoms with Gasteiger partial charge in [-0.15, -0.1) is 0 Å². The number of nitrogens with zero attached hydrogens (tertiary/aromatic N) is 4. The Morgan fingerprint density at radius 1 is 1.18 bits per heavy atom. The Labute approximate surface area is 166 Å². The van der Waals surface area contributed by atoms with Gasteiger partial charge < -0.3 is 14.4 Å². The van der Waals surface area contributed by atoms with Gasteiger partial charge in [0.15, 0.2) is 0 Å². The molecule has 1 spiro atoms. The molecule has 4 rings (SSSR count). The number of hydrogen-bond donors (Lipinski definition) is 0. The van der Waals surface area contributed by atoms with Crippen molar-refractivity contribution in [2.75, 3.05) is 19.6 Å². The van der Waals surface area contributed by atoms with Crippen LogP contribution in [0.5, 0.6) is 0 Å². The molecule has 148 valence electrons. The summed E-state index contributed by atoms with van der Waals surface area (Å²) in [6, 6.07) is 10.2. The molecule has 0 saturated carbocycles. The van der Waals surface area contributed by atoms with E-state index in [0.717, 1.165) is 38.3 Å². The molecule has 1 aromatic heterocycles. The number of piperidine rings is 1. The third-order valence-corrected chi connectivity index (χ3v) is 6.29. The van der Waals surface area contributed by atoms with Crippen molar-refractivity contribution in [1.29, 1.82) is 0 Å². The predicted octanol–water partition coefficient (Wildman–Crippen LogP) is 2.62. The zero-order valence-electron chi connectivity index (χ0n) is 16.5. The first-order valence-corrected chi connectivity index (χ1v) is 10.1. The van der Waals surface area contributed by atoms with E-state index in [9.17, 15) is 9.59 Å². The summed E-state index contributed by atoms with van der Waals surface area (Å²) in [5.74, 6) is 1.39. The van der Waals surface area contributed by atoms with Gasteiger partial charge in [0.25, 0.3) is 0 Å². The minimum absolute atomic E-state index is 0.0452. The average Bonchev–Trinajstić information content (AvgIpc) is 3.24. The number of aromatic nitrogens is 2. The van der Waals surface area contributed by atoms with Gasteiger partial charge in [-0.05, 0) is 25.3 Å². The second-order valence-electron chi connectivity index (χ2n) is 8.21. The van der Waals surface area contributed by atoms with E-state index in [1.165, 1.54) is 5.56 Å². The number of aryl methyl sites for hydroxylation is 2. The Morgan fingerprint density at radius 2 is 1.93 bits per heavy atom. The monoisotopic (exact) mass is 380 g/mol. The van der Waals surface area contributed by atoms with E-state index in [-0.39, 0.29) is 17.2 Å². The largest absolute Gasteiger partial charge is 0.343 e. The highest BCUT2D eigenvalue weighted by Gasteiger charge is 2.45. The lowest BCUT2D eigenvalue weighted by atomic mass is 9.77. The number of carbonyl (C=O) groups is 2. The van der Waals surface area contributed by atoms with Crippen LogP contribution in [0.2, 0.25) is 0 Å². The van der Waals surface area contributed by atoms with Crippen LogP contribution in [0, 0.1) is 12.3 Å². The van der Waals surface area contributed by atoms with Crippen molar-refractivity contribution in [2.45, 2.75) is 45.7 Å². The molecule has 1 aromatic carbocycles. The molecule has 0 unspecified atom stereocenters. The van der Waals surface area contributed by atoms with E-state index < -0.39 is 0 Å². The van der Waals surface area contributed by atoms with Crippen molar-refractivity contribution < 1.29 is 9.59 Å². The van der Waals surface area contributed by atoms with E-state index in [0.29, 0.717) is 25.9 Å². The topological polar surface area (TPSA) is 58.4 Å². The van der Waals surface area contributed by atoms with Crippen LogP contribution in [0.4, 0.5) is 0 Å². The maximum absolute atomic E-state index is 12.6. The van der Waals surface area contributed by atoms with Gasteiger partial charge in [-0.3, -0.25) is 9.59 Å². The number of imidazole rings is 1.